The second-order valence-electron chi connectivity index (χ2n) is 10.4. The molecule has 3 unspecified atom stereocenters. The molecule has 3 heterocycles. The Labute approximate surface area is 227 Å². The molecule has 1 aromatic rings. The van der Waals surface area contributed by atoms with Gasteiger partial charge < -0.3 is 24.5 Å². The molecule has 37 heavy (non-hydrogen) atoms. The SMILES string of the molecule is C=CCN(C)C(=O)[C@H]1[C@H]2C(=O)N([C@H](C)CO)C(C(=O)N(CC=C)c3c(C)cccc3C)C23CC(Br)[C@@H]1O3. The number of aliphatic hydroxyl groups excluding tert-OH is 1. The highest BCUT2D eigenvalue weighted by molar-refractivity contribution is 9.09. The lowest BCUT2D eigenvalue weighted by Gasteiger charge is -2.39. The normalized spacial score (nSPS) is 30.7. The number of halogens is 1. The van der Waals surface area contributed by atoms with Crippen LogP contribution in [-0.4, -0.2) is 88.0 Å². The molecule has 3 amide bonds. The van der Waals surface area contributed by atoms with Gasteiger partial charge >= 0.3 is 0 Å². The van der Waals surface area contributed by atoms with Gasteiger partial charge in [0, 0.05) is 30.7 Å². The van der Waals surface area contributed by atoms with E-state index in [0.29, 0.717) is 13.0 Å². The standard InChI is InChI=1S/C28H36BrN3O5/c1-7-12-30(6)25(34)20-21-26(35)32(18(5)15-33)24(28(21)14-19(29)23(20)37-28)27(36)31(13-8-2)22-16(3)10-9-11-17(22)4/h7-11,18-21,23-24,33H,1-2,12-15H2,3-6H3/t18-,19?,20+,21+,23+,24?,28?/m1/s1. The molecular weight excluding hydrogens is 538 g/mol. The molecule has 8 nitrogen and oxygen atoms in total. The molecule has 0 saturated carbocycles. The van der Waals surface area contributed by atoms with E-state index < -0.39 is 35.6 Å². The van der Waals surface area contributed by atoms with Crippen LogP contribution < -0.4 is 4.90 Å². The number of benzene rings is 1. The third-order valence-electron chi connectivity index (χ3n) is 8.05. The summed E-state index contributed by atoms with van der Waals surface area (Å²) >= 11 is 3.69. The summed E-state index contributed by atoms with van der Waals surface area (Å²) in [7, 11) is 1.68. The third-order valence-corrected chi connectivity index (χ3v) is 8.90. The molecule has 4 rings (SSSR count). The highest BCUT2D eigenvalue weighted by atomic mass is 79.9. The molecule has 3 aliphatic heterocycles. The molecule has 3 fully saturated rings. The van der Waals surface area contributed by atoms with Crippen molar-refractivity contribution in [2.24, 2.45) is 11.8 Å². The predicted octanol–water partition coefficient (Wildman–Crippen LogP) is 2.60. The number of amides is 3. The van der Waals surface area contributed by atoms with Crippen molar-refractivity contribution in [2.75, 3.05) is 31.6 Å². The van der Waals surface area contributed by atoms with Crippen LogP contribution in [0.1, 0.15) is 24.5 Å². The summed E-state index contributed by atoms with van der Waals surface area (Å²) in [6.45, 7) is 13.4. The fourth-order valence-corrected chi connectivity index (χ4v) is 7.47. The van der Waals surface area contributed by atoms with Crippen LogP contribution in [0.15, 0.2) is 43.5 Å². The van der Waals surface area contributed by atoms with Crippen molar-refractivity contribution in [3.8, 4) is 0 Å². The number of anilines is 1. The summed E-state index contributed by atoms with van der Waals surface area (Å²) in [6, 6.07) is 4.18. The van der Waals surface area contributed by atoms with E-state index in [1.807, 2.05) is 32.0 Å². The van der Waals surface area contributed by atoms with Crippen LogP contribution in [0.2, 0.25) is 0 Å². The minimum absolute atomic E-state index is 0.199. The second kappa shape index (κ2) is 10.3. The summed E-state index contributed by atoms with van der Waals surface area (Å²) in [4.78, 5) is 46.7. The lowest BCUT2D eigenvalue weighted by Crippen LogP contribution is -2.59. The molecule has 3 saturated heterocycles. The minimum atomic E-state index is -1.19. The highest BCUT2D eigenvalue weighted by Crippen LogP contribution is 2.60. The van der Waals surface area contributed by atoms with Gasteiger partial charge in [-0.05, 0) is 38.3 Å². The van der Waals surface area contributed by atoms with Crippen LogP contribution in [0, 0.1) is 25.7 Å². The lowest BCUT2D eigenvalue weighted by atomic mass is 9.70. The maximum absolute atomic E-state index is 14.6. The van der Waals surface area contributed by atoms with Gasteiger partial charge in [0.05, 0.1) is 30.6 Å². The minimum Gasteiger partial charge on any atom is -0.394 e. The fourth-order valence-electron chi connectivity index (χ4n) is 6.53. The Balaban J connectivity index is 1.85. The number of carbonyl (C=O) groups is 3. The van der Waals surface area contributed by atoms with E-state index in [2.05, 4.69) is 29.1 Å². The van der Waals surface area contributed by atoms with Crippen molar-refractivity contribution in [3.63, 3.8) is 0 Å². The summed E-state index contributed by atoms with van der Waals surface area (Å²) in [5.74, 6) is -2.40. The number of hydrogen-bond acceptors (Lipinski definition) is 5. The van der Waals surface area contributed by atoms with E-state index in [4.69, 9.17) is 4.74 Å². The van der Waals surface area contributed by atoms with E-state index >= 15 is 0 Å². The first kappa shape index (κ1) is 27.5. The first-order valence-corrected chi connectivity index (χ1v) is 13.6. The van der Waals surface area contributed by atoms with Crippen molar-refractivity contribution in [1.29, 1.82) is 0 Å². The smallest absolute Gasteiger partial charge is 0.253 e. The number of likely N-dealkylation sites (N-methyl/N-ethyl adjacent to an activating group) is 1. The van der Waals surface area contributed by atoms with Gasteiger partial charge in [-0.2, -0.15) is 0 Å². The first-order chi connectivity index (χ1) is 17.5. The van der Waals surface area contributed by atoms with Crippen molar-refractivity contribution < 1.29 is 24.2 Å². The summed E-state index contributed by atoms with van der Waals surface area (Å²) in [6.07, 6.45) is 3.16. The number of rotatable bonds is 9. The van der Waals surface area contributed by atoms with Crippen molar-refractivity contribution in [1.82, 2.24) is 9.80 Å². The predicted molar refractivity (Wildman–Crippen MR) is 145 cm³/mol. The molecule has 1 spiro atoms. The molecule has 0 aromatic heterocycles. The Kier molecular flexibility index (Phi) is 7.70. The molecule has 9 heteroatoms. The zero-order chi connectivity index (χ0) is 27.2. The van der Waals surface area contributed by atoms with Gasteiger partial charge in [-0.1, -0.05) is 46.3 Å². The molecule has 0 aliphatic carbocycles. The van der Waals surface area contributed by atoms with Crippen molar-refractivity contribution in [3.05, 3.63) is 54.6 Å². The maximum atomic E-state index is 14.6. The van der Waals surface area contributed by atoms with Crippen LogP contribution in [0.3, 0.4) is 0 Å². The third kappa shape index (κ3) is 4.15. The number of likely N-dealkylation sites (tertiary alicyclic amines) is 1. The van der Waals surface area contributed by atoms with Crippen LogP contribution in [0.25, 0.3) is 0 Å². The Hall–Kier alpha value is -2.49. The van der Waals surface area contributed by atoms with E-state index in [0.717, 1.165) is 16.8 Å². The van der Waals surface area contributed by atoms with Crippen LogP contribution in [-0.2, 0) is 19.1 Å². The largest absolute Gasteiger partial charge is 0.394 e. The van der Waals surface area contributed by atoms with Gasteiger partial charge in [0.25, 0.3) is 5.91 Å². The van der Waals surface area contributed by atoms with Gasteiger partial charge in [-0.25, -0.2) is 0 Å². The van der Waals surface area contributed by atoms with Crippen molar-refractivity contribution in [2.45, 2.75) is 55.8 Å². The van der Waals surface area contributed by atoms with E-state index in [1.165, 1.54) is 9.80 Å². The summed E-state index contributed by atoms with van der Waals surface area (Å²) < 4.78 is 6.57. The number of para-hydroxylation sites is 1. The zero-order valence-electron chi connectivity index (χ0n) is 21.9. The van der Waals surface area contributed by atoms with Crippen molar-refractivity contribution >= 4 is 39.3 Å². The fraction of sp³-hybridized carbons (Fsp3) is 0.536. The summed E-state index contributed by atoms with van der Waals surface area (Å²) in [5.41, 5.74) is 1.41. The Bertz CT molecular complexity index is 1100. The van der Waals surface area contributed by atoms with Crippen LogP contribution in [0.4, 0.5) is 5.69 Å². The average Bonchev–Trinajstić information content (AvgIpc) is 3.45. The molecule has 2 bridgehead atoms. The number of ether oxygens (including phenoxy) is 1. The molecule has 3 aliphatic rings. The first-order valence-electron chi connectivity index (χ1n) is 12.6. The van der Waals surface area contributed by atoms with Crippen LogP contribution >= 0.6 is 15.9 Å². The maximum Gasteiger partial charge on any atom is 0.253 e. The quantitative estimate of drug-likeness (QED) is 0.362. The molecule has 1 N–H and O–H groups in total. The number of alkyl halides is 1. The van der Waals surface area contributed by atoms with Gasteiger partial charge in [0.15, 0.2) is 0 Å². The van der Waals surface area contributed by atoms with E-state index in [1.54, 1.807) is 31.0 Å². The number of carbonyl (C=O) groups excluding carboxylic acids is 3. The lowest BCUT2D eigenvalue weighted by molar-refractivity contribution is -0.146. The molecule has 200 valence electrons. The number of hydrogen-bond donors (Lipinski definition) is 1. The van der Waals surface area contributed by atoms with Gasteiger partial charge in [-0.3, -0.25) is 14.4 Å². The molecule has 7 atom stereocenters. The Morgan fingerprint density at radius 2 is 1.86 bits per heavy atom. The Morgan fingerprint density at radius 3 is 2.43 bits per heavy atom. The molecule has 0 radical (unpaired) electrons. The zero-order valence-corrected chi connectivity index (χ0v) is 23.5. The van der Waals surface area contributed by atoms with Gasteiger partial charge in [0.2, 0.25) is 11.8 Å². The van der Waals surface area contributed by atoms with Crippen LogP contribution in [0.5, 0.6) is 0 Å². The number of fused-ring (bicyclic) bond motifs is 1. The molecule has 1 aromatic carbocycles. The van der Waals surface area contributed by atoms with E-state index in [9.17, 15) is 19.5 Å². The Morgan fingerprint density at radius 1 is 1.24 bits per heavy atom. The van der Waals surface area contributed by atoms with Gasteiger partial charge in [-0.15, -0.1) is 13.2 Å². The van der Waals surface area contributed by atoms with E-state index in [-0.39, 0.29) is 35.7 Å². The second-order valence-corrected chi connectivity index (χ2v) is 11.6. The average molecular weight is 575 g/mol. The number of aliphatic hydroxyl groups is 1. The number of nitrogens with zero attached hydrogens (tertiary/aromatic N) is 3. The van der Waals surface area contributed by atoms with Gasteiger partial charge in [0.1, 0.15) is 11.6 Å². The monoisotopic (exact) mass is 573 g/mol. The number of aryl methyl sites for hydroxylation is 2. The highest BCUT2D eigenvalue weighted by Gasteiger charge is 2.77. The summed E-state index contributed by atoms with van der Waals surface area (Å²) in [5, 5.41) is 10.1. The molecular formula is C28H36BrN3O5. The topological polar surface area (TPSA) is 90.4 Å².